The first-order valence-corrected chi connectivity index (χ1v) is 6.14. The van der Waals surface area contributed by atoms with E-state index in [1.165, 1.54) is 11.3 Å². The van der Waals surface area contributed by atoms with E-state index in [1.807, 2.05) is 4.90 Å². The van der Waals surface area contributed by atoms with Crippen molar-refractivity contribution in [1.82, 2.24) is 9.80 Å². The average molecular weight is 241 g/mol. The van der Waals surface area contributed by atoms with Crippen molar-refractivity contribution in [2.24, 2.45) is 5.73 Å². The van der Waals surface area contributed by atoms with Crippen LogP contribution < -0.4 is 5.73 Å². The van der Waals surface area contributed by atoms with Crippen LogP contribution in [0.3, 0.4) is 0 Å². The molecule has 0 radical (unpaired) electrons. The Morgan fingerprint density at radius 1 is 1.35 bits per heavy atom. The monoisotopic (exact) mass is 241 g/mol. The van der Waals surface area contributed by atoms with E-state index < -0.39 is 6.09 Å². The van der Waals surface area contributed by atoms with Crippen LogP contribution in [0.15, 0.2) is 0 Å². The standard InChI is InChI=1S/C11H19N3O3/c12-6-9-7-14(11(16)17-9)8-10(15)13-4-2-1-3-5-13/h9H,1-8,12H2. The first-order chi connectivity index (χ1) is 8.20. The number of cyclic esters (lactones) is 1. The number of ether oxygens (including phenoxy) is 1. The van der Waals surface area contributed by atoms with Crippen molar-refractivity contribution in [2.45, 2.75) is 25.4 Å². The van der Waals surface area contributed by atoms with Crippen molar-refractivity contribution in [3.05, 3.63) is 0 Å². The van der Waals surface area contributed by atoms with E-state index in [0.717, 1.165) is 25.9 Å². The molecule has 6 heteroatoms. The number of nitrogens with zero attached hydrogens (tertiary/aromatic N) is 2. The minimum atomic E-state index is -0.425. The van der Waals surface area contributed by atoms with Crippen LogP contribution in [0.1, 0.15) is 19.3 Å². The second-order valence-corrected chi connectivity index (χ2v) is 4.56. The summed E-state index contributed by atoms with van der Waals surface area (Å²) in [5.74, 6) is 0.0133. The SMILES string of the molecule is NCC1CN(CC(=O)N2CCCCC2)C(=O)O1. The van der Waals surface area contributed by atoms with Crippen LogP contribution in [-0.2, 0) is 9.53 Å². The largest absolute Gasteiger partial charge is 0.443 e. The number of amides is 2. The fraction of sp³-hybridized carbons (Fsp3) is 0.818. The van der Waals surface area contributed by atoms with Crippen LogP contribution in [0.4, 0.5) is 4.79 Å². The van der Waals surface area contributed by atoms with E-state index in [-0.39, 0.29) is 18.6 Å². The second kappa shape index (κ2) is 5.35. The number of carbonyl (C=O) groups excluding carboxylic acids is 2. The normalized spacial score (nSPS) is 25.0. The predicted molar refractivity (Wildman–Crippen MR) is 61.3 cm³/mol. The molecule has 0 aromatic rings. The zero-order valence-electron chi connectivity index (χ0n) is 9.93. The highest BCUT2D eigenvalue weighted by atomic mass is 16.6. The number of carbonyl (C=O) groups is 2. The lowest BCUT2D eigenvalue weighted by molar-refractivity contribution is -0.132. The third-order valence-electron chi connectivity index (χ3n) is 3.25. The molecule has 0 spiro atoms. The van der Waals surface area contributed by atoms with Crippen LogP contribution in [0.5, 0.6) is 0 Å². The summed E-state index contributed by atoms with van der Waals surface area (Å²) in [6.07, 6.45) is 2.61. The molecular formula is C11H19N3O3. The van der Waals surface area contributed by atoms with Gasteiger partial charge in [-0.1, -0.05) is 0 Å². The summed E-state index contributed by atoms with van der Waals surface area (Å²) in [4.78, 5) is 26.6. The first kappa shape index (κ1) is 12.2. The van der Waals surface area contributed by atoms with Gasteiger partial charge < -0.3 is 15.4 Å². The van der Waals surface area contributed by atoms with Gasteiger partial charge in [0, 0.05) is 19.6 Å². The lowest BCUT2D eigenvalue weighted by Crippen LogP contribution is -2.43. The number of hydrogen-bond acceptors (Lipinski definition) is 4. The van der Waals surface area contributed by atoms with Gasteiger partial charge in [0.25, 0.3) is 0 Å². The molecule has 0 bridgehead atoms. The van der Waals surface area contributed by atoms with Crippen LogP contribution in [0.25, 0.3) is 0 Å². The second-order valence-electron chi connectivity index (χ2n) is 4.56. The van der Waals surface area contributed by atoms with Gasteiger partial charge in [0.2, 0.25) is 5.91 Å². The molecular weight excluding hydrogens is 222 g/mol. The van der Waals surface area contributed by atoms with Gasteiger partial charge in [-0.25, -0.2) is 4.79 Å². The van der Waals surface area contributed by atoms with Crippen molar-refractivity contribution >= 4 is 12.0 Å². The molecule has 6 nitrogen and oxygen atoms in total. The molecule has 0 aliphatic carbocycles. The van der Waals surface area contributed by atoms with E-state index in [2.05, 4.69) is 0 Å². The maximum atomic E-state index is 11.9. The molecule has 2 rings (SSSR count). The molecule has 17 heavy (non-hydrogen) atoms. The van der Waals surface area contributed by atoms with Crippen molar-refractivity contribution < 1.29 is 14.3 Å². The van der Waals surface area contributed by atoms with Crippen molar-refractivity contribution in [3.8, 4) is 0 Å². The summed E-state index contributed by atoms with van der Waals surface area (Å²) in [5, 5.41) is 0. The summed E-state index contributed by atoms with van der Waals surface area (Å²) < 4.78 is 5.00. The molecule has 1 atom stereocenters. The van der Waals surface area contributed by atoms with Crippen LogP contribution in [0.2, 0.25) is 0 Å². The van der Waals surface area contributed by atoms with E-state index in [9.17, 15) is 9.59 Å². The van der Waals surface area contributed by atoms with Gasteiger partial charge >= 0.3 is 6.09 Å². The quantitative estimate of drug-likeness (QED) is 0.741. The third kappa shape index (κ3) is 2.88. The van der Waals surface area contributed by atoms with E-state index in [4.69, 9.17) is 10.5 Å². The lowest BCUT2D eigenvalue weighted by Gasteiger charge is -2.28. The van der Waals surface area contributed by atoms with Gasteiger partial charge in [-0.05, 0) is 19.3 Å². The number of nitrogens with two attached hydrogens (primary N) is 1. The maximum Gasteiger partial charge on any atom is 0.410 e. The van der Waals surface area contributed by atoms with Crippen molar-refractivity contribution in [1.29, 1.82) is 0 Å². The van der Waals surface area contributed by atoms with Gasteiger partial charge in [-0.15, -0.1) is 0 Å². The minimum Gasteiger partial charge on any atom is -0.443 e. The Bertz CT molecular complexity index is 302. The maximum absolute atomic E-state index is 11.9. The number of likely N-dealkylation sites (tertiary alicyclic amines) is 1. The average Bonchev–Trinajstić information content (AvgIpc) is 2.71. The Morgan fingerprint density at radius 3 is 2.65 bits per heavy atom. The molecule has 96 valence electrons. The molecule has 2 fully saturated rings. The fourth-order valence-electron chi connectivity index (χ4n) is 2.23. The number of hydrogen-bond donors (Lipinski definition) is 1. The Morgan fingerprint density at radius 2 is 2.06 bits per heavy atom. The smallest absolute Gasteiger partial charge is 0.410 e. The van der Waals surface area contributed by atoms with Gasteiger partial charge in [0.1, 0.15) is 12.6 Å². The highest BCUT2D eigenvalue weighted by Crippen LogP contribution is 2.13. The van der Waals surface area contributed by atoms with E-state index >= 15 is 0 Å². The molecule has 2 saturated heterocycles. The van der Waals surface area contributed by atoms with Crippen molar-refractivity contribution in [2.75, 3.05) is 32.7 Å². The summed E-state index contributed by atoms with van der Waals surface area (Å²) in [5.41, 5.74) is 5.43. The molecule has 2 heterocycles. The Kier molecular flexibility index (Phi) is 3.83. The summed E-state index contributed by atoms with van der Waals surface area (Å²) in [7, 11) is 0. The minimum absolute atomic E-state index is 0.0133. The van der Waals surface area contributed by atoms with Crippen LogP contribution >= 0.6 is 0 Å². The van der Waals surface area contributed by atoms with E-state index in [1.54, 1.807) is 0 Å². The Balaban J connectivity index is 1.83. The highest BCUT2D eigenvalue weighted by molar-refractivity contribution is 5.83. The molecule has 0 saturated carbocycles. The zero-order chi connectivity index (χ0) is 12.3. The lowest BCUT2D eigenvalue weighted by atomic mass is 10.1. The molecule has 1 unspecified atom stereocenters. The van der Waals surface area contributed by atoms with Gasteiger partial charge in [0.15, 0.2) is 0 Å². The topological polar surface area (TPSA) is 75.9 Å². The van der Waals surface area contributed by atoms with Crippen molar-refractivity contribution in [3.63, 3.8) is 0 Å². The van der Waals surface area contributed by atoms with Gasteiger partial charge in [0.05, 0.1) is 6.54 Å². The molecule has 2 N–H and O–H groups in total. The zero-order valence-corrected chi connectivity index (χ0v) is 9.93. The molecule has 2 aliphatic rings. The first-order valence-electron chi connectivity index (χ1n) is 6.14. The molecule has 0 aromatic heterocycles. The predicted octanol–water partition coefficient (Wildman–Crippen LogP) is -0.222. The highest BCUT2D eigenvalue weighted by Gasteiger charge is 2.32. The third-order valence-corrected chi connectivity index (χ3v) is 3.25. The Labute approximate surface area is 101 Å². The Hall–Kier alpha value is -1.30. The van der Waals surface area contributed by atoms with Crippen LogP contribution in [0, 0.1) is 0 Å². The summed E-state index contributed by atoms with van der Waals surface area (Å²) in [6, 6.07) is 0. The number of piperidine rings is 1. The number of rotatable bonds is 3. The van der Waals surface area contributed by atoms with Crippen LogP contribution in [-0.4, -0.2) is 60.6 Å². The fourth-order valence-corrected chi connectivity index (χ4v) is 2.23. The molecule has 0 aromatic carbocycles. The molecule has 2 aliphatic heterocycles. The van der Waals surface area contributed by atoms with Gasteiger partial charge in [-0.3, -0.25) is 9.69 Å². The summed E-state index contributed by atoms with van der Waals surface area (Å²) >= 11 is 0. The molecule has 2 amide bonds. The summed E-state index contributed by atoms with van der Waals surface area (Å²) in [6.45, 7) is 2.47. The van der Waals surface area contributed by atoms with E-state index in [0.29, 0.717) is 13.1 Å². The van der Waals surface area contributed by atoms with Gasteiger partial charge in [-0.2, -0.15) is 0 Å².